The molecule has 6 heteroatoms. The van der Waals surface area contributed by atoms with Gasteiger partial charge in [-0.3, -0.25) is 9.59 Å². The average molecular weight is 470 g/mol. The van der Waals surface area contributed by atoms with Crippen LogP contribution < -0.4 is 10.1 Å². The Morgan fingerprint density at radius 3 is 1.85 bits per heavy atom. The van der Waals surface area contributed by atoms with E-state index in [0.717, 1.165) is 17.0 Å². The van der Waals surface area contributed by atoms with E-state index in [1.54, 1.807) is 14.0 Å². The maximum atomic E-state index is 13.0. The number of rotatable bonds is 12. The Hall–Kier alpha value is -3.02. The number of esters is 2. The fourth-order valence-corrected chi connectivity index (χ4v) is 4.11. The quantitative estimate of drug-likeness (QED) is 0.394. The van der Waals surface area contributed by atoms with Gasteiger partial charge in [-0.05, 0) is 77.8 Å². The molecule has 0 heterocycles. The van der Waals surface area contributed by atoms with Crippen molar-refractivity contribution in [2.24, 2.45) is 10.8 Å². The van der Waals surface area contributed by atoms with Crippen LogP contribution in [-0.2, 0) is 19.1 Å². The van der Waals surface area contributed by atoms with Crippen molar-refractivity contribution in [1.82, 2.24) is 0 Å². The summed E-state index contributed by atoms with van der Waals surface area (Å²) in [7, 11) is 1.62. The number of ether oxygens (including phenoxy) is 3. The highest BCUT2D eigenvalue weighted by atomic mass is 16.5. The van der Waals surface area contributed by atoms with Gasteiger partial charge in [-0.15, -0.1) is 0 Å². The third-order valence-corrected chi connectivity index (χ3v) is 6.45. The zero-order chi connectivity index (χ0) is 25.4. The summed E-state index contributed by atoms with van der Waals surface area (Å²) >= 11 is 0. The Labute approximate surface area is 204 Å². The number of anilines is 1. The van der Waals surface area contributed by atoms with E-state index in [1.807, 2.05) is 89.2 Å². The molecule has 0 amide bonds. The predicted molar refractivity (Wildman–Crippen MR) is 135 cm³/mol. The molecule has 2 aromatic rings. The fourth-order valence-electron chi connectivity index (χ4n) is 4.11. The van der Waals surface area contributed by atoms with Gasteiger partial charge in [-0.1, -0.05) is 30.3 Å². The third kappa shape index (κ3) is 6.52. The largest absolute Gasteiger partial charge is 0.497 e. The van der Waals surface area contributed by atoms with Crippen LogP contribution in [0.4, 0.5) is 5.69 Å². The minimum Gasteiger partial charge on any atom is -0.497 e. The summed E-state index contributed by atoms with van der Waals surface area (Å²) in [6.07, 6.45) is 0.508. The molecule has 0 aliphatic rings. The SMILES string of the molecule is CCOC(=O)C(C)(C)[C@H](C[C@@H](c1ccccc1)C(C)(C)C(=O)OCC)Nc1ccc(OC)cc1. The molecule has 1 N–H and O–H groups in total. The number of carbonyl (C=O) groups excluding carboxylic acids is 2. The maximum Gasteiger partial charge on any atom is 0.313 e. The molecule has 0 unspecified atom stereocenters. The predicted octanol–water partition coefficient (Wildman–Crippen LogP) is 5.83. The van der Waals surface area contributed by atoms with Gasteiger partial charge in [0, 0.05) is 17.6 Å². The van der Waals surface area contributed by atoms with Gasteiger partial charge in [0.15, 0.2) is 0 Å². The number of methoxy groups -OCH3 is 1. The van der Waals surface area contributed by atoms with Gasteiger partial charge >= 0.3 is 11.9 Å². The van der Waals surface area contributed by atoms with Crippen LogP contribution in [0.25, 0.3) is 0 Å². The molecule has 0 fully saturated rings. The molecule has 0 saturated carbocycles. The van der Waals surface area contributed by atoms with Crippen molar-refractivity contribution in [3.8, 4) is 5.75 Å². The van der Waals surface area contributed by atoms with Crippen LogP contribution in [0.1, 0.15) is 59.4 Å². The van der Waals surface area contributed by atoms with Crippen molar-refractivity contribution in [3.63, 3.8) is 0 Å². The molecular weight excluding hydrogens is 430 g/mol. The molecule has 186 valence electrons. The summed E-state index contributed by atoms with van der Waals surface area (Å²) in [6.45, 7) is 11.8. The van der Waals surface area contributed by atoms with E-state index in [1.165, 1.54) is 0 Å². The molecule has 0 aromatic heterocycles. The summed E-state index contributed by atoms with van der Waals surface area (Å²) in [5.74, 6) is -0.0164. The molecule has 0 saturated heterocycles. The highest BCUT2D eigenvalue weighted by Gasteiger charge is 2.45. The standard InChI is InChI=1S/C28H39NO5/c1-8-33-25(30)27(3,4)23(20-13-11-10-12-14-20)19-24(28(5,6)26(31)34-9-2)29-21-15-17-22(32-7)18-16-21/h10-18,23-24,29H,8-9,19H2,1-7H3/t23-,24-/m0/s1. The van der Waals surface area contributed by atoms with Gasteiger partial charge < -0.3 is 19.5 Å². The van der Waals surface area contributed by atoms with Crippen LogP contribution in [-0.4, -0.2) is 38.3 Å². The molecule has 0 spiro atoms. The smallest absolute Gasteiger partial charge is 0.313 e. The molecular formula is C28H39NO5. The molecule has 6 nitrogen and oxygen atoms in total. The van der Waals surface area contributed by atoms with Gasteiger partial charge in [0.05, 0.1) is 31.2 Å². The minimum atomic E-state index is -0.867. The van der Waals surface area contributed by atoms with Gasteiger partial charge in [0.1, 0.15) is 5.75 Å². The maximum absolute atomic E-state index is 13.0. The zero-order valence-electron chi connectivity index (χ0n) is 21.5. The summed E-state index contributed by atoms with van der Waals surface area (Å²) in [4.78, 5) is 26.1. The van der Waals surface area contributed by atoms with E-state index in [0.29, 0.717) is 19.6 Å². The summed E-state index contributed by atoms with van der Waals surface area (Å²) < 4.78 is 16.1. The first-order chi connectivity index (χ1) is 16.1. The lowest BCUT2D eigenvalue weighted by atomic mass is 9.68. The number of hydrogen-bond donors (Lipinski definition) is 1. The van der Waals surface area contributed by atoms with Crippen LogP contribution in [0.3, 0.4) is 0 Å². The zero-order valence-corrected chi connectivity index (χ0v) is 21.5. The fraction of sp³-hybridized carbons (Fsp3) is 0.500. The normalized spacial score (nSPS) is 13.5. The van der Waals surface area contributed by atoms with Crippen LogP contribution >= 0.6 is 0 Å². The lowest BCUT2D eigenvalue weighted by Crippen LogP contribution is -2.46. The average Bonchev–Trinajstić information content (AvgIpc) is 2.82. The van der Waals surface area contributed by atoms with Crippen LogP contribution in [0.2, 0.25) is 0 Å². The molecule has 0 radical (unpaired) electrons. The summed E-state index contributed by atoms with van der Waals surface area (Å²) in [5, 5.41) is 3.54. The molecule has 0 bridgehead atoms. The second kappa shape index (κ2) is 11.9. The van der Waals surface area contributed by atoms with E-state index in [4.69, 9.17) is 14.2 Å². The monoisotopic (exact) mass is 469 g/mol. The Balaban J connectivity index is 2.51. The van der Waals surface area contributed by atoms with E-state index < -0.39 is 10.8 Å². The van der Waals surface area contributed by atoms with Crippen molar-refractivity contribution in [3.05, 3.63) is 60.2 Å². The number of carbonyl (C=O) groups is 2. The Kier molecular flexibility index (Phi) is 9.54. The van der Waals surface area contributed by atoms with Crippen molar-refractivity contribution in [2.45, 2.75) is 59.9 Å². The molecule has 34 heavy (non-hydrogen) atoms. The second-order valence-electron chi connectivity index (χ2n) is 9.51. The molecule has 0 aliphatic carbocycles. The minimum absolute atomic E-state index is 0.211. The van der Waals surface area contributed by atoms with E-state index in [9.17, 15) is 9.59 Å². The molecule has 2 aromatic carbocycles. The van der Waals surface area contributed by atoms with Crippen LogP contribution in [0.5, 0.6) is 5.75 Å². The Morgan fingerprint density at radius 1 is 0.824 bits per heavy atom. The van der Waals surface area contributed by atoms with Crippen molar-refractivity contribution < 1.29 is 23.8 Å². The first-order valence-electron chi connectivity index (χ1n) is 11.9. The lowest BCUT2D eigenvalue weighted by Gasteiger charge is -2.40. The Bertz CT molecular complexity index is 922. The van der Waals surface area contributed by atoms with Crippen molar-refractivity contribution >= 4 is 17.6 Å². The molecule has 2 rings (SSSR count). The van der Waals surface area contributed by atoms with E-state index in [2.05, 4.69) is 5.32 Å². The van der Waals surface area contributed by atoms with Gasteiger partial charge in [0.25, 0.3) is 0 Å². The third-order valence-electron chi connectivity index (χ3n) is 6.45. The first-order valence-corrected chi connectivity index (χ1v) is 11.9. The topological polar surface area (TPSA) is 73.9 Å². The molecule has 0 aliphatic heterocycles. The highest BCUT2D eigenvalue weighted by Crippen LogP contribution is 2.43. The van der Waals surface area contributed by atoms with Crippen LogP contribution in [0.15, 0.2) is 54.6 Å². The summed E-state index contributed by atoms with van der Waals surface area (Å²) in [6, 6.07) is 17.2. The van der Waals surface area contributed by atoms with Crippen LogP contribution in [0, 0.1) is 10.8 Å². The van der Waals surface area contributed by atoms with E-state index in [-0.39, 0.29) is 23.9 Å². The van der Waals surface area contributed by atoms with E-state index >= 15 is 0 Å². The van der Waals surface area contributed by atoms with Gasteiger partial charge in [0.2, 0.25) is 0 Å². The van der Waals surface area contributed by atoms with Crippen molar-refractivity contribution in [1.29, 1.82) is 0 Å². The lowest BCUT2D eigenvalue weighted by molar-refractivity contribution is -0.155. The number of benzene rings is 2. The van der Waals surface area contributed by atoms with Crippen molar-refractivity contribution in [2.75, 3.05) is 25.6 Å². The highest BCUT2D eigenvalue weighted by molar-refractivity contribution is 5.79. The number of hydrogen-bond acceptors (Lipinski definition) is 6. The second-order valence-corrected chi connectivity index (χ2v) is 9.51. The number of nitrogens with one attached hydrogen (secondary N) is 1. The van der Waals surface area contributed by atoms with Gasteiger partial charge in [-0.2, -0.15) is 0 Å². The first kappa shape index (κ1) is 27.2. The van der Waals surface area contributed by atoms with Gasteiger partial charge in [-0.25, -0.2) is 0 Å². The molecule has 2 atom stereocenters. The Morgan fingerprint density at radius 2 is 1.35 bits per heavy atom. The summed E-state index contributed by atoms with van der Waals surface area (Å²) in [5.41, 5.74) is 0.181.